The fourth-order valence-corrected chi connectivity index (χ4v) is 15.7. The van der Waals surface area contributed by atoms with Crippen LogP contribution in [0.25, 0.3) is 31.8 Å². The highest BCUT2D eigenvalue weighted by Gasteiger charge is 2.70. The van der Waals surface area contributed by atoms with Crippen molar-refractivity contribution in [3.05, 3.63) is 197 Å². The molecule has 1 heterocycles. The molecule has 0 saturated heterocycles. The predicted octanol–water partition coefficient (Wildman–Crippen LogP) is 16.0. The minimum absolute atomic E-state index is 0.0778. The van der Waals surface area contributed by atoms with Gasteiger partial charge in [0.2, 0.25) is 0 Å². The van der Waals surface area contributed by atoms with Crippen LogP contribution in [-0.2, 0) is 11.8 Å². The van der Waals surface area contributed by atoms with Crippen LogP contribution in [-0.4, -0.2) is 6.04 Å². The fraction of sp³-hybridized carbons (Fsp3) is 0.300. The van der Waals surface area contributed by atoms with Gasteiger partial charge in [-0.3, -0.25) is 0 Å². The van der Waals surface area contributed by atoms with Crippen LogP contribution in [0, 0.1) is 23.2 Å². The smallest absolute Gasteiger partial charge is 0.0634 e. The van der Waals surface area contributed by atoms with Crippen molar-refractivity contribution in [3.8, 4) is 0 Å². The molecule has 1 spiro atoms. The van der Waals surface area contributed by atoms with Gasteiger partial charge in [0.25, 0.3) is 0 Å². The molecule has 2 fully saturated rings. The average Bonchev–Trinajstić information content (AvgIpc) is 3.95. The lowest BCUT2D eigenvalue weighted by molar-refractivity contribution is 0.157. The molecule has 5 aromatic carbocycles. The standard InChI is InChI=1S/C60H56N2S/c1-59-50-30-13-14-31-51(50)60(56(59)35-18-36-57(59)62(42-23-6-3-7-24-42)54-33-17-28-48-47-27-11-15-34-55(47)63-58(48)54)49-29-12-10-26-45(49)46-38-37-43(39-52(46)60)61(41-21-4-2-5-22-41)53-32-16-20-40-19-8-9-25-44(40)53/h2,4-5,9-12,15-18,20-23,25-29,32-38,43,50-51,56H,3,6-8,13-14,19,24,30-31,39H2,1H3. The quantitative estimate of drug-likeness (QED) is 0.165. The molecule has 0 aliphatic heterocycles. The molecule has 7 aliphatic rings. The van der Waals surface area contributed by atoms with Gasteiger partial charge in [0.15, 0.2) is 0 Å². The van der Waals surface area contributed by atoms with E-state index >= 15 is 0 Å². The number of anilines is 3. The number of aryl methyl sites for hydroxylation is 1. The van der Waals surface area contributed by atoms with Crippen LogP contribution in [0.3, 0.4) is 0 Å². The summed E-state index contributed by atoms with van der Waals surface area (Å²) in [4.78, 5) is 5.53. The van der Waals surface area contributed by atoms with Crippen LogP contribution in [0.5, 0.6) is 0 Å². The largest absolute Gasteiger partial charge is 0.334 e. The molecule has 6 aromatic rings. The topological polar surface area (TPSA) is 6.48 Å². The fourth-order valence-electron chi connectivity index (χ4n) is 14.4. The number of hydrogen-bond acceptors (Lipinski definition) is 3. The first-order valence-electron chi connectivity index (χ1n) is 24.1. The Labute approximate surface area is 377 Å². The predicted molar refractivity (Wildman–Crippen MR) is 268 cm³/mol. The van der Waals surface area contributed by atoms with Gasteiger partial charge in [0.05, 0.1) is 16.4 Å². The minimum Gasteiger partial charge on any atom is -0.334 e. The number of nitrogens with zero attached hydrogens (tertiary/aromatic N) is 2. The molecule has 2 saturated carbocycles. The summed E-state index contributed by atoms with van der Waals surface area (Å²) in [6.07, 6.45) is 33.5. The van der Waals surface area contributed by atoms with E-state index < -0.39 is 0 Å². The van der Waals surface area contributed by atoms with E-state index in [-0.39, 0.29) is 16.9 Å². The highest BCUT2D eigenvalue weighted by atomic mass is 32.1. The third kappa shape index (κ3) is 5.42. The van der Waals surface area contributed by atoms with E-state index in [2.05, 4.69) is 181 Å². The minimum atomic E-state index is -0.0978. The van der Waals surface area contributed by atoms with E-state index in [0.29, 0.717) is 17.8 Å². The number of rotatable bonds is 6. The second-order valence-electron chi connectivity index (χ2n) is 19.7. The van der Waals surface area contributed by atoms with E-state index in [0.717, 1.165) is 32.1 Å². The molecular weight excluding hydrogens is 781 g/mol. The van der Waals surface area contributed by atoms with Gasteiger partial charge in [-0.1, -0.05) is 147 Å². The molecule has 0 radical (unpaired) electrons. The summed E-state index contributed by atoms with van der Waals surface area (Å²) in [6, 6.07) is 44.4. The molecule has 0 bridgehead atoms. The zero-order valence-corrected chi connectivity index (χ0v) is 37.3. The van der Waals surface area contributed by atoms with E-state index in [1.807, 2.05) is 11.3 Å². The number of benzene rings is 5. The van der Waals surface area contributed by atoms with Crippen LogP contribution in [0.4, 0.5) is 17.1 Å². The number of para-hydroxylation sites is 1. The zero-order valence-electron chi connectivity index (χ0n) is 36.5. The number of fused-ring (bicyclic) bond motifs is 13. The molecule has 6 atom stereocenters. The third-order valence-corrected chi connectivity index (χ3v) is 18.0. The van der Waals surface area contributed by atoms with Gasteiger partial charge in [-0.05, 0) is 134 Å². The summed E-state index contributed by atoms with van der Waals surface area (Å²) < 4.78 is 2.80. The van der Waals surface area contributed by atoms with Gasteiger partial charge < -0.3 is 9.80 Å². The van der Waals surface area contributed by atoms with E-state index in [1.165, 1.54) is 109 Å². The summed E-state index contributed by atoms with van der Waals surface area (Å²) in [5.41, 5.74) is 16.0. The van der Waals surface area contributed by atoms with E-state index in [4.69, 9.17) is 0 Å². The van der Waals surface area contributed by atoms with Crippen molar-refractivity contribution in [2.24, 2.45) is 23.2 Å². The van der Waals surface area contributed by atoms with Crippen molar-refractivity contribution in [1.82, 2.24) is 0 Å². The van der Waals surface area contributed by atoms with Gasteiger partial charge >= 0.3 is 0 Å². The lowest BCUT2D eigenvalue weighted by Crippen LogP contribution is -2.45. The molecule has 7 aliphatic carbocycles. The molecule has 13 rings (SSSR count). The molecule has 0 N–H and O–H groups in total. The lowest BCUT2D eigenvalue weighted by atomic mass is 9.58. The number of hydrogen-bond donors (Lipinski definition) is 0. The Morgan fingerprint density at radius 3 is 2.40 bits per heavy atom. The molecule has 3 heteroatoms. The first-order valence-corrected chi connectivity index (χ1v) is 24.9. The van der Waals surface area contributed by atoms with Gasteiger partial charge in [-0.15, -0.1) is 11.3 Å². The van der Waals surface area contributed by atoms with Crippen LogP contribution >= 0.6 is 11.3 Å². The van der Waals surface area contributed by atoms with Gasteiger partial charge in [-0.25, -0.2) is 0 Å². The van der Waals surface area contributed by atoms with E-state index in [1.54, 1.807) is 11.1 Å². The summed E-state index contributed by atoms with van der Waals surface area (Å²) in [5, 5.41) is 2.77. The van der Waals surface area contributed by atoms with Crippen molar-refractivity contribution in [3.63, 3.8) is 0 Å². The van der Waals surface area contributed by atoms with Crippen molar-refractivity contribution < 1.29 is 0 Å². The summed E-state index contributed by atoms with van der Waals surface area (Å²) in [5.74, 6) is 1.43. The van der Waals surface area contributed by atoms with Crippen molar-refractivity contribution in [2.45, 2.75) is 89.0 Å². The Hall–Kier alpha value is -5.64. The van der Waals surface area contributed by atoms with Gasteiger partial charge in [-0.2, -0.15) is 0 Å². The van der Waals surface area contributed by atoms with Gasteiger partial charge in [0.1, 0.15) is 0 Å². The normalized spacial score (nSPS) is 27.8. The molecule has 6 unspecified atom stereocenters. The molecular formula is C60H56N2S. The third-order valence-electron chi connectivity index (χ3n) is 16.8. The van der Waals surface area contributed by atoms with Crippen molar-refractivity contribution in [2.75, 3.05) is 9.80 Å². The molecule has 2 nitrogen and oxygen atoms in total. The lowest BCUT2D eigenvalue weighted by Gasteiger charge is -2.49. The van der Waals surface area contributed by atoms with Crippen LogP contribution in [0.1, 0.15) is 93.4 Å². The van der Waals surface area contributed by atoms with E-state index in [9.17, 15) is 0 Å². The van der Waals surface area contributed by atoms with Crippen LogP contribution < -0.4 is 9.80 Å². The first kappa shape index (κ1) is 37.9. The summed E-state index contributed by atoms with van der Waals surface area (Å²) in [7, 11) is 0. The average molecular weight is 837 g/mol. The maximum absolute atomic E-state index is 2.83. The van der Waals surface area contributed by atoms with Crippen molar-refractivity contribution in [1.29, 1.82) is 0 Å². The number of thiophene rings is 1. The Morgan fingerprint density at radius 2 is 1.49 bits per heavy atom. The molecule has 0 amide bonds. The maximum atomic E-state index is 2.83. The SMILES string of the molecule is CC12C(N(C3=CCCCC3)c3cccc4c3sc3ccccc34)=CC=CC1C1(C3=C(C=CC(N(c4ccccc4)c4cccc5c4C=CCC5)C3)c3ccccc31)C1CCCCC12. The molecule has 1 aromatic heterocycles. The number of allylic oxidation sites excluding steroid dienone is 9. The monoisotopic (exact) mass is 836 g/mol. The Kier molecular flexibility index (Phi) is 8.84. The Balaban J connectivity index is 0.998. The second-order valence-corrected chi connectivity index (χ2v) is 20.7. The second kappa shape index (κ2) is 14.7. The maximum Gasteiger partial charge on any atom is 0.0634 e. The van der Waals surface area contributed by atoms with Crippen molar-refractivity contribution >= 4 is 60.2 Å². The Morgan fingerprint density at radius 1 is 0.683 bits per heavy atom. The van der Waals surface area contributed by atoms with Gasteiger partial charge in [0, 0.05) is 60.6 Å². The molecule has 63 heavy (non-hydrogen) atoms. The zero-order chi connectivity index (χ0) is 41.7. The Bertz CT molecular complexity index is 3010. The molecule has 312 valence electrons. The first-order chi connectivity index (χ1) is 31.2. The van der Waals surface area contributed by atoms with Crippen LogP contribution in [0.15, 0.2) is 175 Å². The highest BCUT2D eigenvalue weighted by molar-refractivity contribution is 7.26. The van der Waals surface area contributed by atoms with Crippen LogP contribution in [0.2, 0.25) is 0 Å². The summed E-state index contributed by atoms with van der Waals surface area (Å²) >= 11 is 1.99. The summed E-state index contributed by atoms with van der Waals surface area (Å²) in [6.45, 7) is 2.74. The highest BCUT2D eigenvalue weighted by Crippen LogP contribution is 2.75.